The summed E-state index contributed by atoms with van der Waals surface area (Å²) in [6.45, 7) is 2.66. The van der Waals surface area contributed by atoms with Crippen molar-refractivity contribution in [2.75, 3.05) is 13.1 Å². The first-order chi connectivity index (χ1) is 28.1. The molecule has 0 radical (unpaired) electrons. The number of aryl methyl sites for hydroxylation is 1. The van der Waals surface area contributed by atoms with Crippen LogP contribution >= 0.6 is 0 Å². The highest BCUT2D eigenvalue weighted by Gasteiger charge is 2.39. The van der Waals surface area contributed by atoms with Gasteiger partial charge < -0.3 is 13.7 Å². The Kier molecular flexibility index (Phi) is 10.9. The van der Waals surface area contributed by atoms with Crippen molar-refractivity contribution in [3.63, 3.8) is 0 Å². The maximum Gasteiger partial charge on any atom is 0.277 e. The highest BCUT2D eigenvalue weighted by molar-refractivity contribution is 7.88. The smallest absolute Gasteiger partial charge is 0.277 e. The van der Waals surface area contributed by atoms with Gasteiger partial charge in [0.25, 0.3) is 5.91 Å². The van der Waals surface area contributed by atoms with Crippen LogP contribution in [0.3, 0.4) is 0 Å². The van der Waals surface area contributed by atoms with Gasteiger partial charge >= 0.3 is 0 Å². The van der Waals surface area contributed by atoms with E-state index in [1.54, 1.807) is 60.9 Å². The lowest BCUT2D eigenvalue weighted by molar-refractivity contribution is 0.0708. The van der Waals surface area contributed by atoms with Crippen LogP contribution in [-0.2, 0) is 15.8 Å². The summed E-state index contributed by atoms with van der Waals surface area (Å²) in [6, 6.07) is 18.6. The minimum atomic E-state index is -3.87. The molecule has 0 saturated carbocycles. The van der Waals surface area contributed by atoms with Crippen LogP contribution in [0.15, 0.2) is 106 Å². The molecule has 0 N–H and O–H groups in total. The third kappa shape index (κ3) is 8.12. The van der Waals surface area contributed by atoms with E-state index >= 15 is 0 Å². The number of halogens is 2. The molecular weight excluding hydrogens is 773 g/mol. The molecule has 1 amide bonds. The maximum absolute atomic E-state index is 13.9. The fourth-order valence-electron chi connectivity index (χ4n) is 6.85. The van der Waals surface area contributed by atoms with Crippen molar-refractivity contribution in [3.8, 4) is 28.6 Å². The number of sulfonamides is 1. The highest BCUT2D eigenvalue weighted by atomic mass is 32.2. The second-order valence-electron chi connectivity index (χ2n) is 13.5. The number of pyridine rings is 2. The van der Waals surface area contributed by atoms with Crippen LogP contribution in [0, 0.1) is 18.6 Å². The number of carbonyl (C=O) groups excluding carboxylic acids is 1. The molecule has 5 aromatic heterocycles. The van der Waals surface area contributed by atoms with Gasteiger partial charge in [-0.1, -0.05) is 24.3 Å². The van der Waals surface area contributed by atoms with Crippen molar-refractivity contribution >= 4 is 15.9 Å². The zero-order valence-electron chi connectivity index (χ0n) is 31.0. The van der Waals surface area contributed by atoms with Crippen LogP contribution in [0.5, 0.6) is 0 Å². The number of rotatable bonds is 9. The highest BCUT2D eigenvalue weighted by Crippen LogP contribution is 2.36. The number of para-hydroxylation sites is 1. The molecule has 7 heterocycles. The minimum Gasteiger partial charge on any atom is -0.419 e. The first kappa shape index (κ1) is 38.3. The fraction of sp³-hybridized carbons (Fsp3) is 0.256. The standard InChI is InChI=1S/C21H19N7O2.C18H16F2N4O3S/c1-14-18(26-28(25-14)16-6-3-2-4-7-16)21(29)27-13-5-8-17(27)20-24-23-19(30-20)15-9-11-22-12-10-15;19-14-6-5-13(15(20)9-14)11-28(25,26)24-8-2-4-16(24)18-23-22-17(27-18)12-3-1-7-21-10-12/h2-4,6-7,9-12,17H,5,8,13H2,1H3;1,3,5-7,9-10,16H,2,4,8,11H2. The minimum absolute atomic E-state index is 0.0892. The molecule has 0 aliphatic carbocycles. The lowest BCUT2D eigenvalue weighted by atomic mass is 10.2. The molecular formula is C39H35F2N11O5S. The number of hydrogen-bond donors (Lipinski definition) is 0. The van der Waals surface area contributed by atoms with Gasteiger partial charge in [-0.3, -0.25) is 14.8 Å². The normalized spacial score (nSPS) is 17.0. The summed E-state index contributed by atoms with van der Waals surface area (Å²) in [5.74, 6) is -1.13. The van der Waals surface area contributed by atoms with E-state index in [2.05, 4.69) is 40.6 Å². The third-order valence-electron chi connectivity index (χ3n) is 9.69. The zero-order chi connectivity index (χ0) is 40.2. The molecule has 2 aliphatic rings. The number of amides is 1. The average Bonchev–Trinajstić information content (AvgIpc) is 4.10. The van der Waals surface area contributed by atoms with E-state index in [0.29, 0.717) is 54.2 Å². The Hall–Kier alpha value is -6.60. The largest absolute Gasteiger partial charge is 0.419 e. The lowest BCUT2D eigenvalue weighted by Crippen LogP contribution is -2.32. The van der Waals surface area contributed by atoms with Crippen molar-refractivity contribution in [3.05, 3.63) is 138 Å². The molecule has 9 rings (SSSR count). The van der Waals surface area contributed by atoms with Gasteiger partial charge in [-0.2, -0.15) is 14.2 Å². The van der Waals surface area contributed by atoms with Gasteiger partial charge in [0.2, 0.25) is 33.6 Å². The van der Waals surface area contributed by atoms with Gasteiger partial charge in [0, 0.05) is 55.1 Å². The molecule has 2 unspecified atom stereocenters. The van der Waals surface area contributed by atoms with Gasteiger partial charge in [0.15, 0.2) is 5.69 Å². The molecule has 2 aromatic carbocycles. The van der Waals surface area contributed by atoms with E-state index in [0.717, 1.165) is 36.2 Å². The number of likely N-dealkylation sites (tertiary alicyclic amines) is 1. The first-order valence-electron chi connectivity index (χ1n) is 18.4. The Morgan fingerprint density at radius 1 is 0.776 bits per heavy atom. The molecule has 0 spiro atoms. The van der Waals surface area contributed by atoms with Gasteiger partial charge in [0.05, 0.1) is 22.7 Å². The van der Waals surface area contributed by atoms with Crippen LogP contribution in [0.2, 0.25) is 0 Å². The number of aromatic nitrogens is 9. The van der Waals surface area contributed by atoms with Crippen molar-refractivity contribution in [1.82, 2.24) is 54.6 Å². The zero-order valence-corrected chi connectivity index (χ0v) is 31.8. The molecule has 2 saturated heterocycles. The van der Waals surface area contributed by atoms with E-state index in [1.165, 1.54) is 9.10 Å². The molecule has 2 aliphatic heterocycles. The molecule has 2 atom stereocenters. The number of benzene rings is 2. The van der Waals surface area contributed by atoms with E-state index in [4.69, 9.17) is 8.83 Å². The second kappa shape index (κ2) is 16.5. The molecule has 7 aromatic rings. The molecule has 2 fully saturated rings. The van der Waals surface area contributed by atoms with Gasteiger partial charge in [-0.25, -0.2) is 17.2 Å². The Morgan fingerprint density at radius 2 is 1.48 bits per heavy atom. The number of hydrogen-bond acceptors (Lipinski definition) is 13. The lowest BCUT2D eigenvalue weighted by Gasteiger charge is -2.21. The molecule has 296 valence electrons. The summed E-state index contributed by atoms with van der Waals surface area (Å²) < 4.78 is 65.5. The Morgan fingerprint density at radius 3 is 2.21 bits per heavy atom. The van der Waals surface area contributed by atoms with Crippen molar-refractivity contribution < 1.29 is 30.8 Å². The van der Waals surface area contributed by atoms with Crippen molar-refractivity contribution in [2.24, 2.45) is 0 Å². The molecule has 19 heteroatoms. The quantitative estimate of drug-likeness (QED) is 0.163. The van der Waals surface area contributed by atoms with Crippen LogP contribution < -0.4 is 0 Å². The summed E-state index contributed by atoms with van der Waals surface area (Å²) in [5.41, 5.74) is 3.05. The number of carbonyl (C=O) groups is 1. The monoisotopic (exact) mass is 807 g/mol. The first-order valence-corrected chi connectivity index (χ1v) is 20.0. The average molecular weight is 808 g/mol. The summed E-state index contributed by atoms with van der Waals surface area (Å²) in [6.07, 6.45) is 9.26. The Bertz CT molecular complexity index is 2630. The second-order valence-corrected chi connectivity index (χ2v) is 15.5. The van der Waals surface area contributed by atoms with Crippen LogP contribution in [0.1, 0.15) is 71.3 Å². The predicted molar refractivity (Wildman–Crippen MR) is 202 cm³/mol. The van der Waals surface area contributed by atoms with E-state index in [-0.39, 0.29) is 35.8 Å². The van der Waals surface area contributed by atoms with E-state index in [9.17, 15) is 22.0 Å². The summed E-state index contributed by atoms with van der Waals surface area (Å²) in [5, 5.41) is 25.2. The summed E-state index contributed by atoms with van der Waals surface area (Å²) in [4.78, 5) is 24.5. The fourth-order valence-corrected chi connectivity index (χ4v) is 8.63. The molecule has 58 heavy (non-hydrogen) atoms. The molecule has 16 nitrogen and oxygen atoms in total. The predicted octanol–water partition coefficient (Wildman–Crippen LogP) is 6.07. The van der Waals surface area contributed by atoms with Crippen LogP contribution in [-0.4, -0.2) is 82.0 Å². The topological polar surface area (TPSA) is 192 Å². The number of nitrogens with zero attached hydrogens (tertiary/aromatic N) is 11. The Labute approximate surface area is 330 Å². The van der Waals surface area contributed by atoms with Gasteiger partial charge in [0.1, 0.15) is 23.7 Å². The summed E-state index contributed by atoms with van der Waals surface area (Å²) in [7, 11) is -3.87. The van der Waals surface area contributed by atoms with Gasteiger partial charge in [-0.05, 0) is 75.1 Å². The Balaban J connectivity index is 0.000000162. The van der Waals surface area contributed by atoms with Crippen LogP contribution in [0.4, 0.5) is 8.78 Å². The third-order valence-corrected chi connectivity index (χ3v) is 11.5. The van der Waals surface area contributed by atoms with Gasteiger partial charge in [-0.15, -0.1) is 25.5 Å². The van der Waals surface area contributed by atoms with E-state index in [1.807, 2.05) is 30.3 Å². The van der Waals surface area contributed by atoms with Crippen molar-refractivity contribution in [1.29, 1.82) is 0 Å². The maximum atomic E-state index is 13.9. The molecule has 0 bridgehead atoms. The summed E-state index contributed by atoms with van der Waals surface area (Å²) >= 11 is 0. The van der Waals surface area contributed by atoms with Crippen LogP contribution in [0.25, 0.3) is 28.6 Å². The van der Waals surface area contributed by atoms with E-state index < -0.39 is 33.5 Å². The van der Waals surface area contributed by atoms with Crippen molar-refractivity contribution in [2.45, 2.75) is 50.4 Å². The SMILES string of the molecule is Cc1nn(-c2ccccc2)nc1C(=O)N1CCCC1c1nnc(-c2ccncc2)o1.O=S(=O)(Cc1ccc(F)cc1F)N1CCCC1c1nnc(-c2cccnc2)o1.